The standard InChI is InChI=1S/C4H9NO4/c1-9-2-3(5-8)4(6)7/h3,5,8H,2H2,1H3,(H,6,7)/t3-/m0/s1. The third-order valence-corrected chi connectivity index (χ3v) is 0.787. The van der Waals surface area contributed by atoms with Crippen molar-refractivity contribution in [1.29, 1.82) is 0 Å². The van der Waals surface area contributed by atoms with Crippen molar-refractivity contribution in [2.75, 3.05) is 13.7 Å². The van der Waals surface area contributed by atoms with Crippen LogP contribution in [-0.4, -0.2) is 36.0 Å². The summed E-state index contributed by atoms with van der Waals surface area (Å²) in [6.07, 6.45) is 0. The van der Waals surface area contributed by atoms with E-state index in [1.165, 1.54) is 7.11 Å². The summed E-state index contributed by atoms with van der Waals surface area (Å²) < 4.78 is 4.45. The van der Waals surface area contributed by atoms with Gasteiger partial charge < -0.3 is 15.1 Å². The summed E-state index contributed by atoms with van der Waals surface area (Å²) in [5.74, 6) is -1.14. The van der Waals surface area contributed by atoms with Gasteiger partial charge in [-0.1, -0.05) is 0 Å². The van der Waals surface area contributed by atoms with Crippen molar-refractivity contribution < 1.29 is 19.8 Å². The minimum atomic E-state index is -1.14. The molecule has 0 rings (SSSR count). The third kappa shape index (κ3) is 3.02. The fraction of sp³-hybridized carbons (Fsp3) is 0.750. The first-order valence-electron chi connectivity index (χ1n) is 2.33. The number of methoxy groups -OCH3 is 1. The molecule has 0 unspecified atom stereocenters. The average Bonchev–Trinajstić information content (AvgIpc) is 1.82. The quantitative estimate of drug-likeness (QED) is 0.434. The van der Waals surface area contributed by atoms with E-state index in [1.807, 2.05) is 0 Å². The van der Waals surface area contributed by atoms with Crippen molar-refractivity contribution in [3.05, 3.63) is 0 Å². The lowest BCUT2D eigenvalue weighted by Gasteiger charge is -2.06. The Morgan fingerprint density at radius 3 is 2.56 bits per heavy atom. The molecule has 0 aliphatic carbocycles. The zero-order valence-electron chi connectivity index (χ0n) is 5.00. The summed E-state index contributed by atoms with van der Waals surface area (Å²) in [5, 5.41) is 16.3. The minimum Gasteiger partial charge on any atom is -0.480 e. The van der Waals surface area contributed by atoms with Gasteiger partial charge in [0.1, 0.15) is 0 Å². The zero-order valence-corrected chi connectivity index (χ0v) is 5.00. The number of hydrogen-bond acceptors (Lipinski definition) is 4. The number of nitrogens with one attached hydrogen (secondary N) is 1. The monoisotopic (exact) mass is 135 g/mol. The zero-order chi connectivity index (χ0) is 7.28. The number of hydrogen-bond donors (Lipinski definition) is 3. The van der Waals surface area contributed by atoms with Crippen LogP contribution in [0.2, 0.25) is 0 Å². The van der Waals surface area contributed by atoms with Crippen molar-refractivity contribution in [1.82, 2.24) is 5.48 Å². The van der Waals surface area contributed by atoms with E-state index in [1.54, 1.807) is 5.48 Å². The molecule has 0 spiro atoms. The van der Waals surface area contributed by atoms with Crippen LogP contribution in [0.3, 0.4) is 0 Å². The molecular weight excluding hydrogens is 126 g/mol. The molecular formula is C4H9NO4. The molecule has 5 nitrogen and oxygen atoms in total. The fourth-order valence-electron chi connectivity index (χ4n) is 0.330. The van der Waals surface area contributed by atoms with E-state index in [0.717, 1.165) is 0 Å². The molecule has 0 radical (unpaired) electrons. The second kappa shape index (κ2) is 4.25. The summed E-state index contributed by atoms with van der Waals surface area (Å²) in [6, 6.07) is -1.03. The maximum Gasteiger partial charge on any atom is 0.325 e. The topological polar surface area (TPSA) is 78.8 Å². The largest absolute Gasteiger partial charge is 0.480 e. The number of aliphatic carboxylic acids is 1. The van der Waals surface area contributed by atoms with Crippen molar-refractivity contribution in [2.24, 2.45) is 0 Å². The molecule has 0 aliphatic heterocycles. The smallest absolute Gasteiger partial charge is 0.325 e. The highest BCUT2D eigenvalue weighted by Gasteiger charge is 2.14. The van der Waals surface area contributed by atoms with Crippen LogP contribution in [0.25, 0.3) is 0 Å². The van der Waals surface area contributed by atoms with Crippen LogP contribution in [0.5, 0.6) is 0 Å². The van der Waals surface area contributed by atoms with Crippen LogP contribution in [0.4, 0.5) is 0 Å². The van der Waals surface area contributed by atoms with E-state index in [0.29, 0.717) is 0 Å². The van der Waals surface area contributed by atoms with Gasteiger partial charge in [-0.25, -0.2) is 0 Å². The van der Waals surface area contributed by atoms with Gasteiger partial charge in [0.05, 0.1) is 6.61 Å². The van der Waals surface area contributed by atoms with E-state index in [9.17, 15) is 4.79 Å². The molecule has 9 heavy (non-hydrogen) atoms. The predicted molar refractivity (Wildman–Crippen MR) is 28.2 cm³/mol. The molecule has 54 valence electrons. The van der Waals surface area contributed by atoms with Gasteiger partial charge in [0.2, 0.25) is 0 Å². The van der Waals surface area contributed by atoms with Crippen LogP contribution in [0.15, 0.2) is 0 Å². The lowest BCUT2D eigenvalue weighted by molar-refractivity contribution is -0.144. The third-order valence-electron chi connectivity index (χ3n) is 0.787. The van der Waals surface area contributed by atoms with Crippen molar-refractivity contribution in [3.8, 4) is 0 Å². The Bertz CT molecular complexity index is 94.6. The molecule has 0 aliphatic rings. The molecule has 0 bridgehead atoms. The molecule has 0 aromatic heterocycles. The maximum atomic E-state index is 10.0. The summed E-state index contributed by atoms with van der Waals surface area (Å²) in [5.41, 5.74) is 1.58. The first-order chi connectivity index (χ1) is 4.22. The highest BCUT2D eigenvalue weighted by molar-refractivity contribution is 5.73. The molecule has 0 aromatic carbocycles. The van der Waals surface area contributed by atoms with Crippen molar-refractivity contribution in [2.45, 2.75) is 6.04 Å². The summed E-state index contributed by atoms with van der Waals surface area (Å²) in [4.78, 5) is 10.0. The highest BCUT2D eigenvalue weighted by Crippen LogP contribution is 1.81. The number of carbonyl (C=O) groups is 1. The SMILES string of the molecule is COC[C@H](NO)C(=O)O. The maximum absolute atomic E-state index is 10.0. The van der Waals surface area contributed by atoms with E-state index in [4.69, 9.17) is 10.3 Å². The number of hydroxylamine groups is 1. The van der Waals surface area contributed by atoms with Gasteiger partial charge in [0.15, 0.2) is 6.04 Å². The molecule has 1 atom stereocenters. The van der Waals surface area contributed by atoms with E-state index < -0.39 is 12.0 Å². The van der Waals surface area contributed by atoms with Crippen LogP contribution in [-0.2, 0) is 9.53 Å². The molecule has 0 amide bonds. The van der Waals surface area contributed by atoms with Crippen LogP contribution in [0.1, 0.15) is 0 Å². The minimum absolute atomic E-state index is 0.0498. The number of rotatable bonds is 4. The van der Waals surface area contributed by atoms with Gasteiger partial charge >= 0.3 is 5.97 Å². The highest BCUT2D eigenvalue weighted by atomic mass is 16.5. The number of carboxylic acids is 1. The van der Waals surface area contributed by atoms with E-state index >= 15 is 0 Å². The molecule has 5 heteroatoms. The van der Waals surface area contributed by atoms with Crippen LogP contribution in [0, 0.1) is 0 Å². The number of carboxylic acid groups (broad SMARTS) is 1. The fourth-order valence-corrected chi connectivity index (χ4v) is 0.330. The first kappa shape index (κ1) is 8.35. The first-order valence-corrected chi connectivity index (χ1v) is 2.33. The second-order valence-electron chi connectivity index (χ2n) is 1.48. The summed E-state index contributed by atoms with van der Waals surface area (Å²) >= 11 is 0. The Kier molecular flexibility index (Phi) is 3.94. The van der Waals surface area contributed by atoms with Gasteiger partial charge in [-0.2, -0.15) is 5.48 Å². The predicted octanol–water partition coefficient (Wildman–Crippen LogP) is -0.935. The molecule has 0 saturated heterocycles. The normalized spacial score (nSPS) is 13.1. The van der Waals surface area contributed by atoms with Crippen LogP contribution >= 0.6 is 0 Å². The van der Waals surface area contributed by atoms with Gasteiger partial charge in [0.25, 0.3) is 0 Å². The summed E-state index contributed by atoms with van der Waals surface area (Å²) in [7, 11) is 1.35. The van der Waals surface area contributed by atoms with Crippen molar-refractivity contribution >= 4 is 5.97 Å². The Morgan fingerprint density at radius 1 is 1.89 bits per heavy atom. The Balaban J connectivity index is 3.54. The molecule has 0 fully saturated rings. The lowest BCUT2D eigenvalue weighted by atomic mass is 10.3. The summed E-state index contributed by atoms with van der Waals surface area (Å²) in [6.45, 7) is -0.0498. The average molecular weight is 135 g/mol. The van der Waals surface area contributed by atoms with Gasteiger partial charge in [-0.05, 0) is 0 Å². The van der Waals surface area contributed by atoms with Gasteiger partial charge in [-0.3, -0.25) is 4.79 Å². The van der Waals surface area contributed by atoms with Crippen molar-refractivity contribution in [3.63, 3.8) is 0 Å². The molecule has 0 aromatic rings. The van der Waals surface area contributed by atoms with Gasteiger partial charge in [0, 0.05) is 7.11 Å². The Hall–Kier alpha value is -0.650. The molecule has 0 heterocycles. The van der Waals surface area contributed by atoms with E-state index in [-0.39, 0.29) is 6.61 Å². The number of ether oxygens (including phenoxy) is 1. The van der Waals surface area contributed by atoms with Crippen LogP contribution < -0.4 is 5.48 Å². The van der Waals surface area contributed by atoms with E-state index in [2.05, 4.69) is 4.74 Å². The second-order valence-corrected chi connectivity index (χ2v) is 1.48. The van der Waals surface area contributed by atoms with Gasteiger partial charge in [-0.15, -0.1) is 0 Å². The molecule has 0 saturated carbocycles. The molecule has 3 N–H and O–H groups in total. The Morgan fingerprint density at radius 2 is 2.44 bits per heavy atom. The Labute approximate surface area is 52.2 Å². The lowest BCUT2D eigenvalue weighted by Crippen LogP contribution is -2.38.